The minimum atomic E-state index is -0.460. The number of nitrogens with zero attached hydrogens (tertiary/aromatic N) is 4. The Morgan fingerprint density at radius 3 is 2.49 bits per heavy atom. The Bertz CT molecular complexity index is 1580. The number of nitrogens with one attached hydrogen (secondary N) is 1. The molecule has 172 valence electrons. The lowest BCUT2D eigenvalue weighted by Crippen LogP contribution is -2.08. The average Bonchev–Trinajstić information content (AvgIpc) is 3.50. The number of furan rings is 1. The second-order valence-electron chi connectivity index (χ2n) is 7.78. The molecule has 2 aromatic heterocycles. The number of nitro benzene ring substituents is 1. The molecule has 1 amide bonds. The molecular weight excluding hydrogens is 446 g/mol. The van der Waals surface area contributed by atoms with Gasteiger partial charge in [-0.2, -0.15) is 4.80 Å². The van der Waals surface area contributed by atoms with Gasteiger partial charge in [0.25, 0.3) is 5.69 Å². The molecule has 1 N–H and O–H groups in total. The number of rotatable bonds is 6. The van der Waals surface area contributed by atoms with Crippen molar-refractivity contribution in [2.75, 3.05) is 5.32 Å². The lowest BCUT2D eigenvalue weighted by Gasteiger charge is -2.05. The maximum atomic E-state index is 12.6. The molecule has 5 rings (SSSR count). The molecule has 0 saturated heterocycles. The van der Waals surface area contributed by atoms with Gasteiger partial charge in [-0.05, 0) is 61.0 Å². The minimum absolute atomic E-state index is 0.0508. The third-order valence-electron chi connectivity index (χ3n) is 5.36. The molecule has 0 spiro atoms. The van der Waals surface area contributed by atoms with Crippen LogP contribution in [-0.4, -0.2) is 25.8 Å². The van der Waals surface area contributed by atoms with Crippen molar-refractivity contribution in [1.29, 1.82) is 0 Å². The minimum Gasteiger partial charge on any atom is -0.456 e. The predicted octanol–water partition coefficient (Wildman–Crippen LogP) is 5.55. The topological polar surface area (TPSA) is 116 Å². The molecule has 0 radical (unpaired) electrons. The molecule has 0 fully saturated rings. The van der Waals surface area contributed by atoms with E-state index in [4.69, 9.17) is 4.42 Å². The van der Waals surface area contributed by atoms with Gasteiger partial charge in [0.15, 0.2) is 0 Å². The molecule has 0 aliphatic heterocycles. The first-order valence-electron chi connectivity index (χ1n) is 10.7. The Morgan fingerprint density at radius 2 is 1.71 bits per heavy atom. The maximum Gasteiger partial charge on any atom is 0.280 e. The van der Waals surface area contributed by atoms with Crippen molar-refractivity contribution in [3.05, 3.63) is 106 Å². The fourth-order valence-corrected chi connectivity index (χ4v) is 3.64. The molecule has 9 nitrogen and oxygen atoms in total. The fraction of sp³-hybridized carbons (Fsp3) is 0.0385. The maximum absolute atomic E-state index is 12.6. The summed E-state index contributed by atoms with van der Waals surface area (Å²) in [7, 11) is 0. The SMILES string of the molecule is Cc1cc2nn(-c3ccccc3)nc2cc1NC(=O)/C=C/c1ccc(-c2ccccc2[N+](=O)[O-])o1. The second-order valence-corrected chi connectivity index (χ2v) is 7.78. The summed E-state index contributed by atoms with van der Waals surface area (Å²) in [5, 5.41) is 23.1. The predicted molar refractivity (Wildman–Crippen MR) is 132 cm³/mol. The monoisotopic (exact) mass is 465 g/mol. The number of benzene rings is 3. The van der Waals surface area contributed by atoms with E-state index in [1.807, 2.05) is 43.3 Å². The summed E-state index contributed by atoms with van der Waals surface area (Å²) in [6.45, 7) is 1.88. The lowest BCUT2D eigenvalue weighted by molar-refractivity contribution is -0.384. The quantitative estimate of drug-likeness (QED) is 0.200. The standard InChI is InChI=1S/C26H19N5O4/c1-17-15-22-23(29-30(28-22)18-7-3-2-4-8-18)16-21(17)27-26(32)14-12-19-11-13-25(35-19)20-9-5-6-10-24(20)31(33)34/h2-16H,1H3,(H,27,32)/b14-12+. The highest BCUT2D eigenvalue weighted by molar-refractivity contribution is 6.03. The summed E-state index contributed by atoms with van der Waals surface area (Å²) in [6, 6.07) is 22.8. The van der Waals surface area contributed by atoms with Crippen molar-refractivity contribution in [2.45, 2.75) is 6.92 Å². The van der Waals surface area contributed by atoms with Crippen LogP contribution < -0.4 is 5.32 Å². The number of hydrogen-bond donors (Lipinski definition) is 1. The molecule has 35 heavy (non-hydrogen) atoms. The number of aryl methyl sites for hydroxylation is 1. The Hall–Kier alpha value is -5.05. The molecule has 3 aromatic carbocycles. The smallest absolute Gasteiger partial charge is 0.280 e. The van der Waals surface area contributed by atoms with Crippen molar-refractivity contribution in [1.82, 2.24) is 15.0 Å². The molecule has 9 heteroatoms. The van der Waals surface area contributed by atoms with E-state index in [0.29, 0.717) is 28.3 Å². The van der Waals surface area contributed by atoms with Crippen LogP contribution in [0.2, 0.25) is 0 Å². The number of para-hydroxylation sites is 2. The molecule has 0 aliphatic rings. The van der Waals surface area contributed by atoms with Crippen molar-refractivity contribution >= 4 is 34.4 Å². The van der Waals surface area contributed by atoms with E-state index < -0.39 is 4.92 Å². The van der Waals surface area contributed by atoms with E-state index in [1.54, 1.807) is 41.2 Å². The van der Waals surface area contributed by atoms with Crippen LogP contribution in [0.15, 0.2) is 89.4 Å². The van der Waals surface area contributed by atoms with Gasteiger partial charge >= 0.3 is 0 Å². The van der Waals surface area contributed by atoms with E-state index in [2.05, 4.69) is 15.5 Å². The third kappa shape index (κ3) is 4.55. The number of carbonyl (C=O) groups is 1. The summed E-state index contributed by atoms with van der Waals surface area (Å²) >= 11 is 0. The number of hydrogen-bond acceptors (Lipinski definition) is 6. The van der Waals surface area contributed by atoms with Crippen LogP contribution in [0.1, 0.15) is 11.3 Å². The Labute approximate surface area is 199 Å². The van der Waals surface area contributed by atoms with E-state index >= 15 is 0 Å². The van der Waals surface area contributed by atoms with Crippen LogP contribution in [0.3, 0.4) is 0 Å². The molecule has 0 bridgehead atoms. The van der Waals surface area contributed by atoms with Crippen LogP contribution in [-0.2, 0) is 4.79 Å². The third-order valence-corrected chi connectivity index (χ3v) is 5.36. The van der Waals surface area contributed by atoms with Crippen molar-refractivity contribution < 1.29 is 14.1 Å². The van der Waals surface area contributed by atoms with Crippen LogP contribution in [0.5, 0.6) is 0 Å². The molecule has 2 heterocycles. The Kier molecular flexibility index (Phi) is 5.64. The molecule has 0 atom stereocenters. The van der Waals surface area contributed by atoms with Crippen LogP contribution >= 0.6 is 0 Å². The molecule has 0 aliphatic carbocycles. The van der Waals surface area contributed by atoms with Gasteiger partial charge in [-0.1, -0.05) is 30.3 Å². The van der Waals surface area contributed by atoms with Gasteiger partial charge in [0.1, 0.15) is 22.6 Å². The second kappa shape index (κ2) is 9.06. The first-order valence-corrected chi connectivity index (χ1v) is 10.7. The Balaban J connectivity index is 1.32. The van der Waals surface area contributed by atoms with Gasteiger partial charge in [-0.15, -0.1) is 10.2 Å². The van der Waals surface area contributed by atoms with Gasteiger partial charge in [0.2, 0.25) is 5.91 Å². The van der Waals surface area contributed by atoms with Crippen molar-refractivity contribution in [3.8, 4) is 17.0 Å². The number of anilines is 1. The van der Waals surface area contributed by atoms with E-state index in [-0.39, 0.29) is 11.6 Å². The number of nitro groups is 1. The number of carbonyl (C=O) groups excluding carboxylic acids is 1. The summed E-state index contributed by atoms with van der Waals surface area (Å²) in [4.78, 5) is 24.9. The average molecular weight is 465 g/mol. The zero-order valence-electron chi connectivity index (χ0n) is 18.6. The van der Waals surface area contributed by atoms with Crippen LogP contribution in [0.25, 0.3) is 34.1 Å². The van der Waals surface area contributed by atoms with E-state index in [0.717, 1.165) is 16.8 Å². The summed E-state index contributed by atoms with van der Waals surface area (Å²) in [6.07, 6.45) is 2.85. The van der Waals surface area contributed by atoms with Gasteiger partial charge in [-0.3, -0.25) is 14.9 Å². The number of aromatic nitrogens is 3. The summed E-state index contributed by atoms with van der Waals surface area (Å²) < 4.78 is 5.70. The van der Waals surface area contributed by atoms with Crippen LogP contribution in [0, 0.1) is 17.0 Å². The molecule has 5 aromatic rings. The lowest BCUT2D eigenvalue weighted by atomic mass is 10.1. The van der Waals surface area contributed by atoms with Gasteiger partial charge in [0, 0.05) is 17.8 Å². The zero-order chi connectivity index (χ0) is 24.4. The summed E-state index contributed by atoms with van der Waals surface area (Å²) in [5.74, 6) is 0.387. The number of fused-ring (bicyclic) bond motifs is 1. The van der Waals surface area contributed by atoms with Gasteiger partial charge < -0.3 is 9.73 Å². The largest absolute Gasteiger partial charge is 0.456 e. The van der Waals surface area contributed by atoms with Gasteiger partial charge in [0.05, 0.1) is 16.2 Å². The number of amides is 1. The zero-order valence-corrected chi connectivity index (χ0v) is 18.6. The van der Waals surface area contributed by atoms with Crippen molar-refractivity contribution in [2.24, 2.45) is 0 Å². The highest BCUT2D eigenvalue weighted by atomic mass is 16.6. The van der Waals surface area contributed by atoms with Gasteiger partial charge in [-0.25, -0.2) is 0 Å². The Morgan fingerprint density at radius 1 is 1.00 bits per heavy atom. The normalized spacial score (nSPS) is 11.2. The highest BCUT2D eigenvalue weighted by Crippen LogP contribution is 2.31. The van der Waals surface area contributed by atoms with Crippen LogP contribution in [0.4, 0.5) is 11.4 Å². The summed E-state index contributed by atoms with van der Waals surface area (Å²) in [5.41, 5.74) is 3.99. The first kappa shape index (κ1) is 21.8. The molecule has 0 unspecified atom stereocenters. The first-order chi connectivity index (χ1) is 17.0. The van der Waals surface area contributed by atoms with Crippen molar-refractivity contribution in [3.63, 3.8) is 0 Å². The molecular formula is C26H19N5O4. The highest BCUT2D eigenvalue weighted by Gasteiger charge is 2.17. The fourth-order valence-electron chi connectivity index (χ4n) is 3.64. The van der Waals surface area contributed by atoms with E-state index in [9.17, 15) is 14.9 Å². The van der Waals surface area contributed by atoms with E-state index in [1.165, 1.54) is 18.2 Å². The molecule has 0 saturated carbocycles.